The molecule has 0 fully saturated rings. The van der Waals surface area contributed by atoms with E-state index in [1.165, 1.54) is 12.3 Å². The van der Waals surface area contributed by atoms with Crippen LogP contribution in [0.3, 0.4) is 0 Å². The van der Waals surface area contributed by atoms with Gasteiger partial charge in [0.25, 0.3) is 11.8 Å². The van der Waals surface area contributed by atoms with Crippen molar-refractivity contribution < 1.29 is 23.2 Å². The van der Waals surface area contributed by atoms with Crippen LogP contribution in [0.15, 0.2) is 75.8 Å². The number of esters is 1. The van der Waals surface area contributed by atoms with E-state index in [1.54, 1.807) is 37.3 Å². The maximum absolute atomic E-state index is 12.7. The van der Waals surface area contributed by atoms with Gasteiger partial charge in [0.1, 0.15) is 0 Å². The number of hydrogen-bond acceptors (Lipinski definition) is 7. The predicted octanol–water partition coefficient (Wildman–Crippen LogP) is 4.81. The minimum Gasteiger partial charge on any atom is -0.459 e. The molecular formula is C23H19N3O5. The van der Waals surface area contributed by atoms with Crippen molar-refractivity contribution in [2.24, 2.45) is 0 Å². The van der Waals surface area contributed by atoms with Crippen molar-refractivity contribution in [2.75, 3.05) is 5.32 Å². The molecule has 1 atom stereocenters. The number of furan rings is 1. The van der Waals surface area contributed by atoms with Gasteiger partial charge in [-0.25, -0.2) is 4.79 Å². The summed E-state index contributed by atoms with van der Waals surface area (Å²) in [5, 5.41) is 10.7. The maximum atomic E-state index is 12.7. The summed E-state index contributed by atoms with van der Waals surface area (Å²) in [7, 11) is 0. The third-order valence-corrected chi connectivity index (χ3v) is 4.51. The van der Waals surface area contributed by atoms with Crippen molar-refractivity contribution in [1.82, 2.24) is 10.2 Å². The zero-order valence-corrected chi connectivity index (χ0v) is 16.9. The Balaban J connectivity index is 1.47. The lowest BCUT2D eigenvalue weighted by molar-refractivity contribution is 0.0281. The zero-order valence-electron chi connectivity index (χ0n) is 16.9. The van der Waals surface area contributed by atoms with Gasteiger partial charge in [0, 0.05) is 5.56 Å². The highest BCUT2D eigenvalue weighted by molar-refractivity contribution is 6.06. The summed E-state index contributed by atoms with van der Waals surface area (Å²) >= 11 is 0. The van der Waals surface area contributed by atoms with E-state index >= 15 is 0 Å². The van der Waals surface area contributed by atoms with E-state index in [4.69, 9.17) is 13.6 Å². The largest absolute Gasteiger partial charge is 0.459 e. The number of para-hydroxylation sites is 1. The Hall–Kier alpha value is -4.20. The number of benzene rings is 2. The van der Waals surface area contributed by atoms with E-state index < -0.39 is 18.0 Å². The van der Waals surface area contributed by atoms with Crippen molar-refractivity contribution in [3.63, 3.8) is 0 Å². The molecule has 0 aliphatic rings. The molecule has 1 amide bonds. The van der Waals surface area contributed by atoms with Crippen LogP contribution >= 0.6 is 0 Å². The number of rotatable bonds is 6. The Morgan fingerprint density at radius 2 is 1.77 bits per heavy atom. The van der Waals surface area contributed by atoms with Crippen LogP contribution in [0.4, 0.5) is 5.69 Å². The number of ether oxygens (including phenoxy) is 1. The third kappa shape index (κ3) is 4.53. The summed E-state index contributed by atoms with van der Waals surface area (Å²) in [5.41, 5.74) is 2.37. The maximum Gasteiger partial charge on any atom is 0.341 e. The third-order valence-electron chi connectivity index (χ3n) is 4.51. The number of amides is 1. The number of nitrogens with zero attached hydrogens (tertiary/aromatic N) is 2. The quantitative estimate of drug-likeness (QED) is 0.449. The Morgan fingerprint density at radius 1 is 1.00 bits per heavy atom. The van der Waals surface area contributed by atoms with Crippen LogP contribution in [0.25, 0.3) is 11.5 Å². The van der Waals surface area contributed by atoms with Crippen LogP contribution in [0.2, 0.25) is 0 Å². The normalized spacial score (nSPS) is 11.7. The molecule has 0 bridgehead atoms. The Kier molecular flexibility index (Phi) is 5.61. The first kappa shape index (κ1) is 20.1. The summed E-state index contributed by atoms with van der Waals surface area (Å²) in [6.45, 7) is 3.62. The molecule has 156 valence electrons. The minimum absolute atomic E-state index is 0.131. The molecule has 2 heterocycles. The number of nitrogens with one attached hydrogen (secondary N) is 1. The van der Waals surface area contributed by atoms with Crippen molar-refractivity contribution in [1.29, 1.82) is 0 Å². The summed E-state index contributed by atoms with van der Waals surface area (Å²) in [5.74, 6) is -0.480. The number of carbonyl (C=O) groups excluding carboxylic acids is 2. The highest BCUT2D eigenvalue weighted by Crippen LogP contribution is 2.25. The molecule has 2 aromatic carbocycles. The molecule has 2 aromatic heterocycles. The predicted molar refractivity (Wildman–Crippen MR) is 111 cm³/mol. The molecule has 0 aliphatic heterocycles. The number of anilines is 1. The fraction of sp³-hybridized carbons (Fsp3) is 0.130. The van der Waals surface area contributed by atoms with Crippen LogP contribution < -0.4 is 5.32 Å². The average Bonchev–Trinajstić information content (AvgIpc) is 3.47. The Morgan fingerprint density at radius 3 is 2.52 bits per heavy atom. The lowest BCUT2D eigenvalue weighted by Gasteiger charge is -2.12. The lowest BCUT2D eigenvalue weighted by Crippen LogP contribution is -2.16. The molecule has 0 spiro atoms. The van der Waals surface area contributed by atoms with E-state index in [1.807, 2.05) is 31.2 Å². The number of hydrogen-bond donors (Lipinski definition) is 1. The number of aromatic nitrogens is 2. The first-order chi connectivity index (χ1) is 15.0. The highest BCUT2D eigenvalue weighted by Gasteiger charge is 2.22. The fourth-order valence-corrected chi connectivity index (χ4v) is 2.85. The van der Waals surface area contributed by atoms with Gasteiger partial charge in [0.05, 0.1) is 17.5 Å². The van der Waals surface area contributed by atoms with Crippen molar-refractivity contribution in [2.45, 2.75) is 20.0 Å². The van der Waals surface area contributed by atoms with Gasteiger partial charge in [-0.15, -0.1) is 10.2 Å². The molecule has 0 saturated carbocycles. The van der Waals surface area contributed by atoms with E-state index in [0.717, 1.165) is 11.1 Å². The van der Waals surface area contributed by atoms with Crippen LogP contribution in [-0.2, 0) is 4.74 Å². The average molecular weight is 417 g/mol. The van der Waals surface area contributed by atoms with Crippen LogP contribution in [0.1, 0.15) is 45.4 Å². The van der Waals surface area contributed by atoms with Gasteiger partial charge in [-0.05, 0) is 50.2 Å². The molecule has 0 saturated heterocycles. The van der Waals surface area contributed by atoms with E-state index in [2.05, 4.69) is 15.5 Å². The van der Waals surface area contributed by atoms with Gasteiger partial charge in [-0.2, -0.15) is 0 Å². The van der Waals surface area contributed by atoms with Gasteiger partial charge >= 0.3 is 5.97 Å². The summed E-state index contributed by atoms with van der Waals surface area (Å²) in [4.78, 5) is 25.0. The summed E-state index contributed by atoms with van der Waals surface area (Å²) in [6.07, 6.45) is 0.611. The van der Waals surface area contributed by atoms with Gasteiger partial charge in [0.15, 0.2) is 11.9 Å². The monoisotopic (exact) mass is 417 g/mol. The topological polar surface area (TPSA) is 107 Å². The Labute approximate surface area is 177 Å². The molecule has 0 radical (unpaired) electrons. The molecule has 8 heteroatoms. The summed E-state index contributed by atoms with van der Waals surface area (Å²) in [6, 6.07) is 17.3. The minimum atomic E-state index is -0.784. The summed E-state index contributed by atoms with van der Waals surface area (Å²) < 4.78 is 16.2. The molecule has 4 aromatic rings. The molecule has 0 aliphatic carbocycles. The van der Waals surface area contributed by atoms with Crippen LogP contribution in [0, 0.1) is 6.92 Å². The first-order valence-electron chi connectivity index (χ1n) is 9.56. The van der Waals surface area contributed by atoms with Gasteiger partial charge in [-0.3, -0.25) is 4.79 Å². The SMILES string of the molecule is Cc1ccc(-c2nnc([C@@H](C)OC(=O)c3ccccc3NC(=O)c3ccco3)o2)cc1. The molecule has 8 nitrogen and oxygen atoms in total. The zero-order chi connectivity index (χ0) is 21.8. The molecule has 0 unspecified atom stereocenters. The van der Waals surface area contributed by atoms with Crippen LogP contribution in [-0.4, -0.2) is 22.1 Å². The number of aryl methyl sites for hydroxylation is 1. The fourth-order valence-electron chi connectivity index (χ4n) is 2.85. The van der Waals surface area contributed by atoms with Crippen molar-refractivity contribution in [3.05, 3.63) is 89.7 Å². The van der Waals surface area contributed by atoms with Gasteiger partial charge < -0.3 is 18.9 Å². The lowest BCUT2D eigenvalue weighted by atomic mass is 10.1. The molecule has 4 rings (SSSR count). The van der Waals surface area contributed by atoms with Gasteiger partial charge in [-0.1, -0.05) is 29.8 Å². The molecule has 31 heavy (non-hydrogen) atoms. The van der Waals surface area contributed by atoms with Crippen molar-refractivity contribution in [3.8, 4) is 11.5 Å². The van der Waals surface area contributed by atoms with Gasteiger partial charge in [0.2, 0.25) is 5.89 Å². The highest BCUT2D eigenvalue weighted by atomic mass is 16.6. The Bertz CT molecular complexity index is 1200. The second-order valence-corrected chi connectivity index (χ2v) is 6.84. The van der Waals surface area contributed by atoms with Crippen LogP contribution in [0.5, 0.6) is 0 Å². The van der Waals surface area contributed by atoms with Crippen molar-refractivity contribution >= 4 is 17.6 Å². The second-order valence-electron chi connectivity index (χ2n) is 6.84. The second kappa shape index (κ2) is 8.66. The molecular weight excluding hydrogens is 398 g/mol. The van der Waals surface area contributed by atoms with E-state index in [0.29, 0.717) is 11.6 Å². The standard InChI is InChI=1S/C23H19N3O5/c1-14-9-11-16(12-10-14)22-26-25-21(31-22)15(2)30-23(28)17-6-3-4-7-18(17)24-20(27)19-8-5-13-29-19/h3-13,15H,1-2H3,(H,24,27)/t15-/m1/s1. The smallest absolute Gasteiger partial charge is 0.341 e. The van der Waals surface area contributed by atoms with E-state index in [-0.39, 0.29) is 17.2 Å². The number of carbonyl (C=O) groups is 2. The van der Waals surface area contributed by atoms with E-state index in [9.17, 15) is 9.59 Å². The first-order valence-corrected chi connectivity index (χ1v) is 9.56. The molecule has 1 N–H and O–H groups in total.